The normalized spacial score (nSPS) is 12.8. The van der Waals surface area contributed by atoms with Gasteiger partial charge in [-0.2, -0.15) is 0 Å². The van der Waals surface area contributed by atoms with Crippen molar-refractivity contribution >= 4 is 23.2 Å². The van der Waals surface area contributed by atoms with Crippen LogP contribution in [0.2, 0.25) is 10.0 Å². The molecule has 0 amide bonds. The first-order chi connectivity index (χ1) is 7.59. The lowest BCUT2D eigenvalue weighted by Gasteiger charge is -2.12. The van der Waals surface area contributed by atoms with Gasteiger partial charge in [-0.1, -0.05) is 29.3 Å². The summed E-state index contributed by atoms with van der Waals surface area (Å²) >= 11 is 11.7. The van der Waals surface area contributed by atoms with Crippen LogP contribution in [0.25, 0.3) is 0 Å². The molecule has 0 saturated carbocycles. The first kappa shape index (κ1) is 11.5. The molecule has 1 aromatic carbocycles. The van der Waals surface area contributed by atoms with E-state index in [1.165, 1.54) is 0 Å². The number of aromatic nitrogens is 2. The summed E-state index contributed by atoms with van der Waals surface area (Å²) in [4.78, 5) is 3.95. The molecular weight excluding hydrogens is 247 g/mol. The fraction of sp³-hybridized carbons (Fsp3) is 0.182. The fourth-order valence-electron chi connectivity index (χ4n) is 1.48. The molecule has 0 bridgehead atoms. The number of aliphatic hydroxyl groups excluding tert-OH is 1. The fourth-order valence-corrected chi connectivity index (χ4v) is 1.79. The molecular formula is C11H10Cl2N2O. The third kappa shape index (κ3) is 2.07. The van der Waals surface area contributed by atoms with Gasteiger partial charge in [0.05, 0.1) is 28.3 Å². The minimum absolute atomic E-state index is 0.431. The number of aliphatic hydroxyl groups is 1. The average Bonchev–Trinajstić information content (AvgIpc) is 2.67. The molecule has 1 unspecified atom stereocenters. The summed E-state index contributed by atoms with van der Waals surface area (Å²) in [7, 11) is 1.82. The minimum atomic E-state index is -0.748. The molecule has 2 aromatic rings. The number of hydrogen-bond acceptors (Lipinski definition) is 2. The Morgan fingerprint density at radius 3 is 2.62 bits per heavy atom. The van der Waals surface area contributed by atoms with E-state index in [0.717, 1.165) is 0 Å². The van der Waals surface area contributed by atoms with Gasteiger partial charge in [0.2, 0.25) is 0 Å². The number of benzene rings is 1. The molecule has 5 heteroatoms. The summed E-state index contributed by atoms with van der Waals surface area (Å²) in [6.07, 6.45) is 2.51. The molecule has 84 valence electrons. The number of halogens is 2. The Hall–Kier alpha value is -1.03. The third-order valence-electron chi connectivity index (χ3n) is 2.39. The number of hydrogen-bond donors (Lipinski definition) is 1. The average molecular weight is 257 g/mol. The predicted octanol–water partition coefficient (Wildman–Crippen LogP) is 2.81. The monoisotopic (exact) mass is 256 g/mol. The second-order valence-corrected chi connectivity index (χ2v) is 4.32. The summed E-state index contributed by atoms with van der Waals surface area (Å²) in [5, 5.41) is 11.0. The molecule has 0 radical (unpaired) electrons. The molecule has 1 heterocycles. The van der Waals surface area contributed by atoms with Crippen molar-refractivity contribution in [3.8, 4) is 0 Å². The molecule has 16 heavy (non-hydrogen) atoms. The molecule has 1 aromatic heterocycles. The molecule has 0 fully saturated rings. The van der Waals surface area contributed by atoms with E-state index in [4.69, 9.17) is 23.2 Å². The lowest BCUT2D eigenvalue weighted by atomic mass is 10.1. The molecule has 3 nitrogen and oxygen atoms in total. The van der Waals surface area contributed by atoms with Crippen molar-refractivity contribution in [3.05, 3.63) is 52.0 Å². The van der Waals surface area contributed by atoms with Crippen LogP contribution >= 0.6 is 23.2 Å². The summed E-state index contributed by atoms with van der Waals surface area (Å²) in [6, 6.07) is 5.06. The summed E-state index contributed by atoms with van der Waals surface area (Å²) in [5.74, 6) is 0. The highest BCUT2D eigenvalue weighted by molar-refractivity contribution is 6.42. The second-order valence-electron chi connectivity index (χ2n) is 3.51. The standard InChI is InChI=1S/C11H10Cl2N2O/c1-15-6-14-5-10(15)11(16)7-2-3-8(12)9(13)4-7/h2-6,11,16H,1H3. The van der Waals surface area contributed by atoms with E-state index in [0.29, 0.717) is 21.3 Å². The highest BCUT2D eigenvalue weighted by Gasteiger charge is 2.14. The van der Waals surface area contributed by atoms with Gasteiger partial charge < -0.3 is 9.67 Å². The van der Waals surface area contributed by atoms with Gasteiger partial charge in [0.25, 0.3) is 0 Å². The van der Waals surface area contributed by atoms with E-state index in [2.05, 4.69) is 4.98 Å². The molecule has 0 aliphatic carbocycles. The summed E-state index contributed by atoms with van der Waals surface area (Å²) < 4.78 is 1.76. The Labute approximate surface area is 103 Å². The lowest BCUT2D eigenvalue weighted by Crippen LogP contribution is -2.04. The largest absolute Gasteiger partial charge is 0.382 e. The Kier molecular flexibility index (Phi) is 3.19. The minimum Gasteiger partial charge on any atom is -0.382 e. The zero-order valence-corrected chi connectivity index (χ0v) is 10.1. The van der Waals surface area contributed by atoms with Crippen molar-refractivity contribution < 1.29 is 5.11 Å². The van der Waals surface area contributed by atoms with Crippen molar-refractivity contribution in [1.29, 1.82) is 0 Å². The van der Waals surface area contributed by atoms with E-state index in [1.807, 2.05) is 7.05 Å². The van der Waals surface area contributed by atoms with Crippen LogP contribution in [0.3, 0.4) is 0 Å². The highest BCUT2D eigenvalue weighted by Crippen LogP contribution is 2.28. The van der Waals surface area contributed by atoms with Crippen molar-refractivity contribution in [1.82, 2.24) is 9.55 Å². The first-order valence-corrected chi connectivity index (χ1v) is 5.44. The number of imidazole rings is 1. The van der Waals surface area contributed by atoms with E-state index in [-0.39, 0.29) is 0 Å². The van der Waals surface area contributed by atoms with Gasteiger partial charge in [0.15, 0.2) is 0 Å². The van der Waals surface area contributed by atoms with Crippen LogP contribution in [-0.4, -0.2) is 14.7 Å². The number of aryl methyl sites for hydroxylation is 1. The van der Waals surface area contributed by atoms with Gasteiger partial charge in [-0.05, 0) is 17.7 Å². The molecule has 1 atom stereocenters. The van der Waals surface area contributed by atoms with Crippen LogP contribution in [0.4, 0.5) is 0 Å². The van der Waals surface area contributed by atoms with E-state index in [1.54, 1.807) is 35.3 Å². The lowest BCUT2D eigenvalue weighted by molar-refractivity contribution is 0.211. The zero-order chi connectivity index (χ0) is 11.7. The predicted molar refractivity (Wildman–Crippen MR) is 63.7 cm³/mol. The maximum absolute atomic E-state index is 10.1. The molecule has 0 aliphatic heterocycles. The quantitative estimate of drug-likeness (QED) is 0.898. The van der Waals surface area contributed by atoms with E-state index >= 15 is 0 Å². The van der Waals surface area contributed by atoms with Crippen LogP contribution in [0.5, 0.6) is 0 Å². The maximum atomic E-state index is 10.1. The topological polar surface area (TPSA) is 38.0 Å². The maximum Gasteiger partial charge on any atom is 0.121 e. The Morgan fingerprint density at radius 2 is 2.06 bits per heavy atom. The van der Waals surface area contributed by atoms with E-state index < -0.39 is 6.10 Å². The van der Waals surface area contributed by atoms with Crippen LogP contribution in [0, 0.1) is 0 Å². The van der Waals surface area contributed by atoms with Crippen molar-refractivity contribution in [3.63, 3.8) is 0 Å². The first-order valence-electron chi connectivity index (χ1n) is 4.69. The molecule has 0 saturated heterocycles. The van der Waals surface area contributed by atoms with Gasteiger partial charge >= 0.3 is 0 Å². The summed E-state index contributed by atoms with van der Waals surface area (Å²) in [6.45, 7) is 0. The molecule has 1 N–H and O–H groups in total. The Morgan fingerprint density at radius 1 is 1.31 bits per heavy atom. The van der Waals surface area contributed by atoms with Gasteiger partial charge in [-0.15, -0.1) is 0 Å². The van der Waals surface area contributed by atoms with Gasteiger partial charge in [0, 0.05) is 7.05 Å². The second kappa shape index (κ2) is 4.45. The zero-order valence-electron chi connectivity index (χ0n) is 8.56. The van der Waals surface area contributed by atoms with Gasteiger partial charge in [-0.25, -0.2) is 4.98 Å². The van der Waals surface area contributed by atoms with Crippen molar-refractivity contribution in [2.45, 2.75) is 6.10 Å². The molecule has 0 spiro atoms. The van der Waals surface area contributed by atoms with Crippen LogP contribution in [0.15, 0.2) is 30.7 Å². The smallest absolute Gasteiger partial charge is 0.121 e. The summed E-state index contributed by atoms with van der Waals surface area (Å²) in [5.41, 5.74) is 1.40. The molecule has 2 rings (SSSR count). The Balaban J connectivity index is 2.38. The van der Waals surface area contributed by atoms with Crippen molar-refractivity contribution in [2.75, 3.05) is 0 Å². The Bertz CT molecular complexity index is 510. The van der Waals surface area contributed by atoms with Gasteiger partial charge in [0.1, 0.15) is 6.10 Å². The van der Waals surface area contributed by atoms with Gasteiger partial charge in [-0.3, -0.25) is 0 Å². The number of nitrogens with zero attached hydrogens (tertiary/aromatic N) is 2. The SMILES string of the molecule is Cn1cncc1C(O)c1ccc(Cl)c(Cl)c1. The number of rotatable bonds is 2. The van der Waals surface area contributed by atoms with Crippen molar-refractivity contribution in [2.24, 2.45) is 7.05 Å². The highest BCUT2D eigenvalue weighted by atomic mass is 35.5. The van der Waals surface area contributed by atoms with Crippen LogP contribution in [0.1, 0.15) is 17.4 Å². The van der Waals surface area contributed by atoms with E-state index in [9.17, 15) is 5.11 Å². The molecule has 0 aliphatic rings. The van der Waals surface area contributed by atoms with Crippen LogP contribution in [-0.2, 0) is 7.05 Å². The van der Waals surface area contributed by atoms with Crippen LogP contribution < -0.4 is 0 Å². The third-order valence-corrected chi connectivity index (χ3v) is 3.13.